The molecule has 0 saturated carbocycles. The largest absolute Gasteiger partial charge is 0.457 e. The van der Waals surface area contributed by atoms with Crippen molar-refractivity contribution >= 4 is 5.97 Å². The Morgan fingerprint density at radius 2 is 1.62 bits per heavy atom. The maximum absolute atomic E-state index is 11.6. The second kappa shape index (κ2) is 7.79. The fourth-order valence-corrected chi connectivity index (χ4v) is 2.36. The van der Waals surface area contributed by atoms with Crippen molar-refractivity contribution in [1.29, 1.82) is 0 Å². The first-order valence-corrected chi connectivity index (χ1v) is 7.76. The van der Waals surface area contributed by atoms with Crippen molar-refractivity contribution in [2.45, 2.75) is 19.3 Å². The zero-order valence-corrected chi connectivity index (χ0v) is 14.0. The number of hydrogen-bond donors (Lipinski definition) is 1. The minimum atomic E-state index is -0.683. The van der Waals surface area contributed by atoms with E-state index in [1.54, 1.807) is 12.1 Å². The molecule has 2 aromatic carbocycles. The van der Waals surface area contributed by atoms with E-state index in [1.165, 1.54) is 5.56 Å². The summed E-state index contributed by atoms with van der Waals surface area (Å²) in [5.74, 6) is -0.287. The fourth-order valence-electron chi connectivity index (χ4n) is 2.36. The van der Waals surface area contributed by atoms with Gasteiger partial charge < -0.3 is 14.6 Å². The lowest BCUT2D eigenvalue weighted by Gasteiger charge is -2.26. The summed E-state index contributed by atoms with van der Waals surface area (Å²) in [7, 11) is 0. The number of aliphatic hydroxyl groups is 1. The van der Waals surface area contributed by atoms with Crippen LogP contribution in [0.3, 0.4) is 0 Å². The summed E-state index contributed by atoms with van der Waals surface area (Å²) in [5.41, 5.74) is 2.21. The molecule has 0 aliphatic carbocycles. The minimum absolute atomic E-state index is 0.0780. The van der Waals surface area contributed by atoms with Crippen LogP contribution in [-0.2, 0) is 14.9 Å². The zero-order valence-electron chi connectivity index (χ0n) is 14.0. The third-order valence-corrected chi connectivity index (χ3v) is 3.86. The molecule has 0 radical (unpaired) electrons. The number of benzene rings is 2. The highest BCUT2D eigenvalue weighted by atomic mass is 16.6. The molecule has 126 valence electrons. The Morgan fingerprint density at radius 1 is 1.04 bits per heavy atom. The second-order valence-electron chi connectivity index (χ2n) is 5.90. The van der Waals surface area contributed by atoms with E-state index in [9.17, 15) is 4.79 Å². The van der Waals surface area contributed by atoms with Gasteiger partial charge in [0, 0.05) is 5.41 Å². The summed E-state index contributed by atoms with van der Waals surface area (Å²) in [5, 5.41) is 8.64. The van der Waals surface area contributed by atoms with Gasteiger partial charge in [0.15, 0.2) is 0 Å². The Hall–Kier alpha value is -2.59. The summed E-state index contributed by atoms with van der Waals surface area (Å²) >= 11 is 0. The normalized spacial score (nSPS) is 11.0. The highest BCUT2D eigenvalue weighted by molar-refractivity contribution is 5.86. The molecule has 4 nitrogen and oxygen atoms in total. The van der Waals surface area contributed by atoms with Crippen LogP contribution in [0.15, 0.2) is 66.9 Å². The average molecular weight is 326 g/mol. The van der Waals surface area contributed by atoms with Crippen molar-refractivity contribution in [1.82, 2.24) is 0 Å². The van der Waals surface area contributed by atoms with E-state index in [2.05, 4.69) is 32.6 Å². The van der Waals surface area contributed by atoms with Crippen molar-refractivity contribution in [2.75, 3.05) is 13.2 Å². The third kappa shape index (κ3) is 4.24. The molecular formula is C20H22O4. The van der Waals surface area contributed by atoms with Crippen LogP contribution < -0.4 is 4.74 Å². The first-order valence-electron chi connectivity index (χ1n) is 7.76. The van der Waals surface area contributed by atoms with Gasteiger partial charge in [-0.05, 0) is 29.8 Å². The molecule has 0 spiro atoms. The Morgan fingerprint density at radius 3 is 2.21 bits per heavy atom. The van der Waals surface area contributed by atoms with E-state index >= 15 is 0 Å². The summed E-state index contributed by atoms with van der Waals surface area (Å²) in [6, 6.07) is 17.8. The van der Waals surface area contributed by atoms with Gasteiger partial charge >= 0.3 is 5.97 Å². The molecule has 4 heteroatoms. The summed E-state index contributed by atoms with van der Waals surface area (Å²) in [6.45, 7) is 7.54. The predicted octanol–water partition coefficient (Wildman–Crippen LogP) is 3.44. The van der Waals surface area contributed by atoms with Gasteiger partial charge in [-0.1, -0.05) is 56.3 Å². The van der Waals surface area contributed by atoms with Crippen LogP contribution in [0.25, 0.3) is 0 Å². The molecule has 2 aromatic rings. The van der Waals surface area contributed by atoms with E-state index in [0.29, 0.717) is 5.75 Å². The van der Waals surface area contributed by atoms with E-state index in [-0.39, 0.29) is 24.4 Å². The van der Waals surface area contributed by atoms with Crippen LogP contribution in [0.2, 0.25) is 0 Å². The Labute approximate surface area is 142 Å². The Balaban J connectivity index is 2.08. The third-order valence-electron chi connectivity index (χ3n) is 3.86. The number of ether oxygens (including phenoxy) is 2. The topological polar surface area (TPSA) is 55.8 Å². The molecule has 0 atom stereocenters. The molecule has 0 aromatic heterocycles. The quantitative estimate of drug-likeness (QED) is 0.481. The molecule has 0 aliphatic rings. The van der Waals surface area contributed by atoms with Crippen molar-refractivity contribution in [2.24, 2.45) is 0 Å². The SMILES string of the molecule is C=C(Oc1ccc(C(C)(C)c2ccccc2)cc1)C(=O)OCCO. The Kier molecular flexibility index (Phi) is 5.77. The van der Waals surface area contributed by atoms with Crippen LogP contribution in [0, 0.1) is 0 Å². The number of rotatable bonds is 7. The highest BCUT2D eigenvalue weighted by Crippen LogP contribution is 2.32. The summed E-state index contributed by atoms with van der Waals surface area (Å²) < 4.78 is 10.1. The van der Waals surface area contributed by atoms with Gasteiger partial charge in [0.25, 0.3) is 0 Å². The van der Waals surface area contributed by atoms with Gasteiger partial charge in [0.2, 0.25) is 5.76 Å². The van der Waals surface area contributed by atoms with Gasteiger partial charge in [-0.2, -0.15) is 0 Å². The molecule has 0 bridgehead atoms. The monoisotopic (exact) mass is 326 g/mol. The number of carbonyl (C=O) groups excluding carboxylic acids is 1. The molecule has 0 amide bonds. The summed E-state index contributed by atoms with van der Waals surface area (Å²) in [6.07, 6.45) is 0. The van der Waals surface area contributed by atoms with Gasteiger partial charge in [-0.25, -0.2) is 4.79 Å². The molecule has 0 fully saturated rings. The van der Waals surface area contributed by atoms with E-state index in [1.807, 2.05) is 30.3 Å². The molecule has 0 heterocycles. The van der Waals surface area contributed by atoms with Crippen LogP contribution in [0.1, 0.15) is 25.0 Å². The maximum atomic E-state index is 11.6. The van der Waals surface area contributed by atoms with Crippen LogP contribution >= 0.6 is 0 Å². The molecule has 0 unspecified atom stereocenters. The summed E-state index contributed by atoms with van der Waals surface area (Å²) in [4.78, 5) is 11.6. The first kappa shape index (κ1) is 17.8. The van der Waals surface area contributed by atoms with Crippen LogP contribution in [0.5, 0.6) is 5.75 Å². The van der Waals surface area contributed by atoms with Crippen molar-refractivity contribution in [3.05, 3.63) is 78.1 Å². The lowest BCUT2D eigenvalue weighted by molar-refractivity contribution is -0.142. The molecule has 0 aliphatic heterocycles. The minimum Gasteiger partial charge on any atom is -0.457 e. The Bertz CT molecular complexity index is 687. The van der Waals surface area contributed by atoms with Gasteiger partial charge in [-0.3, -0.25) is 0 Å². The molecule has 24 heavy (non-hydrogen) atoms. The fraction of sp³-hybridized carbons (Fsp3) is 0.250. The van der Waals surface area contributed by atoms with E-state index in [0.717, 1.165) is 5.56 Å². The number of carbonyl (C=O) groups is 1. The molecular weight excluding hydrogens is 304 g/mol. The number of hydrogen-bond acceptors (Lipinski definition) is 4. The van der Waals surface area contributed by atoms with Crippen LogP contribution in [-0.4, -0.2) is 24.3 Å². The smallest absolute Gasteiger partial charge is 0.373 e. The van der Waals surface area contributed by atoms with E-state index < -0.39 is 5.97 Å². The predicted molar refractivity (Wildman–Crippen MR) is 92.8 cm³/mol. The number of esters is 1. The lowest BCUT2D eigenvalue weighted by Crippen LogP contribution is -2.18. The number of aliphatic hydroxyl groups excluding tert-OH is 1. The standard InChI is InChI=1S/C20H22O4/c1-15(19(22)23-14-13-21)24-18-11-9-17(10-12-18)20(2,3)16-7-5-4-6-8-16/h4-12,21H,1,13-14H2,2-3H3. The van der Waals surface area contributed by atoms with Crippen LogP contribution in [0.4, 0.5) is 0 Å². The average Bonchev–Trinajstić information content (AvgIpc) is 2.60. The molecule has 2 rings (SSSR count). The van der Waals surface area contributed by atoms with Crippen molar-refractivity contribution in [3.63, 3.8) is 0 Å². The zero-order chi connectivity index (χ0) is 17.6. The highest BCUT2D eigenvalue weighted by Gasteiger charge is 2.22. The molecule has 1 N–H and O–H groups in total. The van der Waals surface area contributed by atoms with Gasteiger partial charge in [-0.15, -0.1) is 0 Å². The van der Waals surface area contributed by atoms with E-state index in [4.69, 9.17) is 14.6 Å². The molecule has 0 saturated heterocycles. The van der Waals surface area contributed by atoms with Crippen molar-refractivity contribution in [3.8, 4) is 5.75 Å². The second-order valence-corrected chi connectivity index (χ2v) is 5.90. The maximum Gasteiger partial charge on any atom is 0.373 e. The van der Waals surface area contributed by atoms with Crippen molar-refractivity contribution < 1.29 is 19.4 Å². The van der Waals surface area contributed by atoms with Gasteiger partial charge in [0.05, 0.1) is 6.61 Å². The lowest BCUT2D eigenvalue weighted by atomic mass is 9.78. The first-order chi connectivity index (χ1) is 11.4. The van der Waals surface area contributed by atoms with Gasteiger partial charge in [0.1, 0.15) is 12.4 Å².